The van der Waals surface area contributed by atoms with Crippen molar-refractivity contribution in [2.24, 2.45) is 0 Å². The molecule has 1 aromatic carbocycles. The molecule has 0 aliphatic heterocycles. The minimum atomic E-state index is -2.19. The lowest BCUT2D eigenvalue weighted by molar-refractivity contribution is -0.395. The summed E-state index contributed by atoms with van der Waals surface area (Å²) in [6.07, 6.45) is 0. The zero-order valence-electron chi connectivity index (χ0n) is 10.7. The number of halogens is 3. The lowest BCUT2D eigenvalue weighted by atomic mass is 10.2. The van der Waals surface area contributed by atoms with Crippen LogP contribution in [0.25, 0.3) is 0 Å². The lowest BCUT2D eigenvalue weighted by Gasteiger charge is -1.98. The molecule has 6 nitrogen and oxygen atoms in total. The van der Waals surface area contributed by atoms with Crippen molar-refractivity contribution in [2.75, 3.05) is 0 Å². The van der Waals surface area contributed by atoms with E-state index in [0.717, 1.165) is 0 Å². The molecule has 0 spiro atoms. The van der Waals surface area contributed by atoms with E-state index in [-0.39, 0.29) is 6.07 Å². The van der Waals surface area contributed by atoms with Crippen LogP contribution in [-0.4, -0.2) is 9.85 Å². The Morgan fingerprint density at radius 2 is 1.32 bits per heavy atom. The maximum absolute atomic E-state index is 12.8. The molecule has 0 aromatic heterocycles. The Kier molecular flexibility index (Phi) is 8.91. The van der Waals surface area contributed by atoms with E-state index >= 15 is 0 Å². The van der Waals surface area contributed by atoms with Gasteiger partial charge in [-0.2, -0.15) is 13.2 Å². The fraction of sp³-hybridized carbons (Fsp3) is 0.400. The standard InChI is InChI=1S/C6HF3N2O4.2C2H6/c7-2-1-3(10(12)13)4(8)5(9)6(2)11(14)15;2*1-2/h1H;2*1-2H3. The molecular weight excluding hydrogens is 269 g/mol. The van der Waals surface area contributed by atoms with Gasteiger partial charge in [0.05, 0.1) is 15.9 Å². The molecule has 108 valence electrons. The Morgan fingerprint density at radius 1 is 0.895 bits per heavy atom. The average Bonchev–Trinajstić information content (AvgIpc) is 2.38. The Balaban J connectivity index is 0. The van der Waals surface area contributed by atoms with Crippen molar-refractivity contribution in [1.82, 2.24) is 0 Å². The molecule has 0 aliphatic rings. The van der Waals surface area contributed by atoms with Crippen LogP contribution in [0.3, 0.4) is 0 Å². The quantitative estimate of drug-likeness (QED) is 0.466. The van der Waals surface area contributed by atoms with Crippen LogP contribution in [0.4, 0.5) is 24.5 Å². The predicted octanol–water partition coefficient (Wildman–Crippen LogP) is 3.97. The van der Waals surface area contributed by atoms with Gasteiger partial charge in [0, 0.05) is 0 Å². The first-order valence-corrected chi connectivity index (χ1v) is 5.32. The van der Waals surface area contributed by atoms with E-state index in [0.29, 0.717) is 0 Å². The Morgan fingerprint density at radius 3 is 1.63 bits per heavy atom. The van der Waals surface area contributed by atoms with Gasteiger partial charge in [0.2, 0.25) is 17.5 Å². The summed E-state index contributed by atoms with van der Waals surface area (Å²) in [5.41, 5.74) is -3.24. The first kappa shape index (κ1) is 19.2. The molecule has 0 N–H and O–H groups in total. The molecule has 0 atom stereocenters. The van der Waals surface area contributed by atoms with Crippen LogP contribution in [0.1, 0.15) is 27.7 Å². The van der Waals surface area contributed by atoms with E-state index in [1.54, 1.807) is 0 Å². The van der Waals surface area contributed by atoms with E-state index in [4.69, 9.17) is 0 Å². The Hall–Kier alpha value is -2.19. The highest BCUT2D eigenvalue weighted by Gasteiger charge is 2.32. The monoisotopic (exact) mass is 282 g/mol. The maximum Gasteiger partial charge on any atom is 0.343 e. The second-order valence-corrected chi connectivity index (χ2v) is 2.37. The Labute approximate surface area is 107 Å². The van der Waals surface area contributed by atoms with E-state index < -0.39 is 38.7 Å². The van der Waals surface area contributed by atoms with Crippen molar-refractivity contribution in [3.63, 3.8) is 0 Å². The van der Waals surface area contributed by atoms with Crippen LogP contribution in [0.2, 0.25) is 0 Å². The molecular formula is C10H13F3N2O4. The van der Waals surface area contributed by atoms with Gasteiger partial charge in [0.15, 0.2) is 0 Å². The third-order valence-electron chi connectivity index (χ3n) is 1.49. The molecule has 0 aliphatic carbocycles. The number of nitro benzene ring substituents is 2. The summed E-state index contributed by atoms with van der Waals surface area (Å²) >= 11 is 0. The van der Waals surface area contributed by atoms with Crippen LogP contribution < -0.4 is 0 Å². The molecule has 0 bridgehead atoms. The van der Waals surface area contributed by atoms with Gasteiger partial charge >= 0.3 is 11.4 Å². The van der Waals surface area contributed by atoms with Crippen molar-refractivity contribution in [2.45, 2.75) is 27.7 Å². The molecule has 0 radical (unpaired) electrons. The summed E-state index contributed by atoms with van der Waals surface area (Å²) in [5, 5.41) is 20.1. The fourth-order valence-corrected chi connectivity index (χ4v) is 0.873. The number of hydrogen-bond acceptors (Lipinski definition) is 4. The average molecular weight is 282 g/mol. The van der Waals surface area contributed by atoms with E-state index in [1.165, 1.54) is 0 Å². The lowest BCUT2D eigenvalue weighted by Crippen LogP contribution is -2.03. The topological polar surface area (TPSA) is 86.3 Å². The molecule has 0 heterocycles. The highest BCUT2D eigenvalue weighted by Crippen LogP contribution is 2.30. The predicted molar refractivity (Wildman–Crippen MR) is 62.3 cm³/mol. The highest BCUT2D eigenvalue weighted by molar-refractivity contribution is 5.44. The zero-order chi connectivity index (χ0) is 15.7. The third kappa shape index (κ3) is 4.53. The van der Waals surface area contributed by atoms with Gasteiger partial charge in [0.25, 0.3) is 0 Å². The summed E-state index contributed by atoms with van der Waals surface area (Å²) in [5.74, 6) is -6.05. The molecule has 0 unspecified atom stereocenters. The Bertz CT molecular complexity index is 467. The van der Waals surface area contributed by atoms with Crippen molar-refractivity contribution < 1.29 is 23.0 Å². The summed E-state index contributed by atoms with van der Waals surface area (Å²) < 4.78 is 38.3. The smallest absolute Gasteiger partial charge is 0.258 e. The number of hydrogen-bond donors (Lipinski definition) is 0. The van der Waals surface area contributed by atoms with Gasteiger partial charge in [-0.3, -0.25) is 20.2 Å². The van der Waals surface area contributed by atoms with Gasteiger partial charge in [0.1, 0.15) is 0 Å². The maximum atomic E-state index is 12.8. The summed E-state index contributed by atoms with van der Waals surface area (Å²) in [4.78, 5) is 17.2. The zero-order valence-corrected chi connectivity index (χ0v) is 10.7. The number of rotatable bonds is 2. The van der Waals surface area contributed by atoms with E-state index in [2.05, 4.69) is 0 Å². The molecule has 1 rings (SSSR count). The molecule has 0 saturated heterocycles. The summed E-state index contributed by atoms with van der Waals surface area (Å²) in [6, 6.07) is -0.0451. The second-order valence-electron chi connectivity index (χ2n) is 2.37. The molecule has 1 aromatic rings. The van der Waals surface area contributed by atoms with Gasteiger partial charge in [-0.15, -0.1) is 0 Å². The van der Waals surface area contributed by atoms with Crippen LogP contribution >= 0.6 is 0 Å². The number of nitrogens with zero attached hydrogens (tertiary/aromatic N) is 2. The number of benzene rings is 1. The van der Waals surface area contributed by atoms with Crippen molar-refractivity contribution in [3.8, 4) is 0 Å². The SMILES string of the molecule is CC.CC.O=[N+]([O-])c1cc(F)c([N+](=O)[O-])c(F)c1F. The molecule has 0 saturated carbocycles. The van der Waals surface area contributed by atoms with Crippen LogP contribution in [0.5, 0.6) is 0 Å². The van der Waals surface area contributed by atoms with Gasteiger partial charge < -0.3 is 0 Å². The first-order chi connectivity index (χ1) is 8.86. The van der Waals surface area contributed by atoms with E-state index in [9.17, 15) is 33.4 Å². The van der Waals surface area contributed by atoms with E-state index in [1.807, 2.05) is 27.7 Å². The molecule has 9 heteroatoms. The highest BCUT2D eigenvalue weighted by atomic mass is 19.2. The largest absolute Gasteiger partial charge is 0.343 e. The fourth-order valence-electron chi connectivity index (χ4n) is 0.873. The minimum Gasteiger partial charge on any atom is -0.258 e. The van der Waals surface area contributed by atoms with Gasteiger partial charge in [-0.1, -0.05) is 27.7 Å². The molecule has 19 heavy (non-hydrogen) atoms. The van der Waals surface area contributed by atoms with Crippen LogP contribution in [0, 0.1) is 37.7 Å². The van der Waals surface area contributed by atoms with Gasteiger partial charge in [-0.05, 0) is 0 Å². The van der Waals surface area contributed by atoms with Crippen molar-refractivity contribution in [1.29, 1.82) is 0 Å². The molecule has 0 fully saturated rings. The minimum absolute atomic E-state index is 0.0451. The summed E-state index contributed by atoms with van der Waals surface area (Å²) in [7, 11) is 0. The summed E-state index contributed by atoms with van der Waals surface area (Å²) in [6.45, 7) is 8.00. The molecule has 0 amide bonds. The van der Waals surface area contributed by atoms with Crippen LogP contribution in [0.15, 0.2) is 6.07 Å². The first-order valence-electron chi connectivity index (χ1n) is 5.32. The third-order valence-corrected chi connectivity index (χ3v) is 1.49. The van der Waals surface area contributed by atoms with Crippen LogP contribution in [-0.2, 0) is 0 Å². The van der Waals surface area contributed by atoms with Crippen molar-refractivity contribution in [3.05, 3.63) is 43.7 Å². The normalized spacial score (nSPS) is 8.58. The van der Waals surface area contributed by atoms with Gasteiger partial charge in [-0.25, -0.2) is 0 Å². The van der Waals surface area contributed by atoms with Crippen molar-refractivity contribution >= 4 is 11.4 Å². The number of nitro groups is 2. The second kappa shape index (κ2) is 8.84.